The molecule has 0 saturated heterocycles. The summed E-state index contributed by atoms with van der Waals surface area (Å²) in [5.41, 5.74) is 1.26. The fourth-order valence-electron chi connectivity index (χ4n) is 3.34. The minimum Gasteiger partial charge on any atom is -0.390 e. The van der Waals surface area contributed by atoms with Crippen LogP contribution in [0.4, 0.5) is 0 Å². The number of hydrogen-bond donors (Lipinski definition) is 1. The Kier molecular flexibility index (Phi) is 3.58. The highest BCUT2D eigenvalue weighted by Crippen LogP contribution is 2.54. The molecular formula is C16H24O. The fourth-order valence-corrected chi connectivity index (χ4v) is 3.34. The molecule has 1 N–H and O–H groups in total. The Balaban J connectivity index is 2.07. The summed E-state index contributed by atoms with van der Waals surface area (Å²) < 4.78 is 0. The summed E-state index contributed by atoms with van der Waals surface area (Å²) in [7, 11) is 0. The number of rotatable bonds is 5. The Hall–Kier alpha value is -0.820. The van der Waals surface area contributed by atoms with Crippen LogP contribution < -0.4 is 0 Å². The minimum atomic E-state index is -0.387. The number of aliphatic hydroxyl groups is 1. The Morgan fingerprint density at radius 2 is 1.76 bits per heavy atom. The van der Waals surface area contributed by atoms with E-state index >= 15 is 0 Å². The first-order valence-electron chi connectivity index (χ1n) is 6.92. The van der Waals surface area contributed by atoms with Gasteiger partial charge in [-0.1, -0.05) is 57.0 Å². The highest BCUT2D eigenvalue weighted by Gasteiger charge is 2.52. The second kappa shape index (κ2) is 4.81. The van der Waals surface area contributed by atoms with E-state index in [4.69, 9.17) is 0 Å². The Morgan fingerprint density at radius 3 is 2.29 bits per heavy atom. The standard InChI is InChI=1S/C16H24O/c1-3-5-11-16(17)12-15(4-2,13-16)14-9-7-6-8-10-14/h6-10,17H,3-5,11-13H2,1-2H3. The summed E-state index contributed by atoms with van der Waals surface area (Å²) in [6.07, 6.45) is 6.31. The van der Waals surface area contributed by atoms with E-state index in [2.05, 4.69) is 44.2 Å². The van der Waals surface area contributed by atoms with Gasteiger partial charge in [-0.15, -0.1) is 0 Å². The molecule has 17 heavy (non-hydrogen) atoms. The fraction of sp³-hybridized carbons (Fsp3) is 0.625. The molecule has 2 rings (SSSR count). The van der Waals surface area contributed by atoms with Crippen molar-refractivity contribution in [2.45, 2.75) is 63.4 Å². The summed E-state index contributed by atoms with van der Waals surface area (Å²) in [5.74, 6) is 0. The van der Waals surface area contributed by atoms with E-state index in [1.807, 2.05) is 0 Å². The van der Waals surface area contributed by atoms with Gasteiger partial charge in [-0.05, 0) is 31.2 Å². The summed E-state index contributed by atoms with van der Waals surface area (Å²) in [6.45, 7) is 4.43. The molecular weight excluding hydrogens is 208 g/mol. The van der Waals surface area contributed by atoms with Crippen LogP contribution in [0.3, 0.4) is 0 Å². The van der Waals surface area contributed by atoms with Crippen molar-refractivity contribution >= 4 is 0 Å². The second-order valence-corrected chi connectivity index (χ2v) is 5.68. The SMILES string of the molecule is CCCCC1(O)CC(CC)(c2ccccc2)C1. The zero-order chi connectivity index (χ0) is 12.4. The molecule has 0 radical (unpaired) electrons. The molecule has 1 saturated carbocycles. The van der Waals surface area contributed by atoms with Gasteiger partial charge in [0.25, 0.3) is 0 Å². The predicted octanol–water partition coefficient (Wildman–Crippen LogP) is 4.05. The van der Waals surface area contributed by atoms with Crippen molar-refractivity contribution in [2.24, 2.45) is 0 Å². The van der Waals surface area contributed by atoms with Crippen LogP contribution >= 0.6 is 0 Å². The quantitative estimate of drug-likeness (QED) is 0.812. The van der Waals surface area contributed by atoms with Crippen molar-refractivity contribution < 1.29 is 5.11 Å². The Morgan fingerprint density at radius 1 is 1.12 bits per heavy atom. The lowest BCUT2D eigenvalue weighted by Gasteiger charge is -2.54. The molecule has 0 spiro atoms. The highest BCUT2D eigenvalue weighted by molar-refractivity contribution is 5.31. The molecule has 94 valence electrons. The third-order valence-corrected chi connectivity index (χ3v) is 4.39. The summed E-state index contributed by atoms with van der Waals surface area (Å²) >= 11 is 0. The van der Waals surface area contributed by atoms with Gasteiger partial charge >= 0.3 is 0 Å². The van der Waals surface area contributed by atoms with Gasteiger partial charge in [0.2, 0.25) is 0 Å². The topological polar surface area (TPSA) is 20.2 Å². The summed E-state index contributed by atoms with van der Waals surface area (Å²) in [5, 5.41) is 10.5. The van der Waals surface area contributed by atoms with Crippen LogP contribution in [0.1, 0.15) is 57.9 Å². The molecule has 1 heteroatoms. The zero-order valence-corrected chi connectivity index (χ0v) is 11.1. The number of benzene rings is 1. The van der Waals surface area contributed by atoms with E-state index in [-0.39, 0.29) is 11.0 Å². The maximum Gasteiger partial charge on any atom is 0.0664 e. The van der Waals surface area contributed by atoms with Gasteiger partial charge in [0, 0.05) is 5.41 Å². The third kappa shape index (κ3) is 2.40. The van der Waals surface area contributed by atoms with Crippen LogP contribution in [-0.4, -0.2) is 10.7 Å². The summed E-state index contributed by atoms with van der Waals surface area (Å²) in [4.78, 5) is 0. The maximum atomic E-state index is 10.5. The van der Waals surface area contributed by atoms with Crippen LogP contribution in [0, 0.1) is 0 Å². The van der Waals surface area contributed by atoms with Crippen LogP contribution in [0.2, 0.25) is 0 Å². The average Bonchev–Trinajstić information content (AvgIpc) is 2.34. The highest BCUT2D eigenvalue weighted by atomic mass is 16.3. The van der Waals surface area contributed by atoms with Gasteiger partial charge in [-0.2, -0.15) is 0 Å². The Bertz CT molecular complexity index is 349. The third-order valence-electron chi connectivity index (χ3n) is 4.39. The van der Waals surface area contributed by atoms with Crippen molar-refractivity contribution in [1.82, 2.24) is 0 Å². The summed E-state index contributed by atoms with van der Waals surface area (Å²) in [6, 6.07) is 10.7. The first-order chi connectivity index (χ1) is 8.14. The molecule has 0 amide bonds. The lowest BCUT2D eigenvalue weighted by atomic mass is 9.54. The van der Waals surface area contributed by atoms with Crippen molar-refractivity contribution in [2.75, 3.05) is 0 Å². The van der Waals surface area contributed by atoms with E-state index in [0.29, 0.717) is 0 Å². The molecule has 0 unspecified atom stereocenters. The van der Waals surface area contributed by atoms with Gasteiger partial charge < -0.3 is 5.11 Å². The van der Waals surface area contributed by atoms with Crippen LogP contribution in [-0.2, 0) is 5.41 Å². The van der Waals surface area contributed by atoms with Gasteiger partial charge in [0.15, 0.2) is 0 Å². The maximum absolute atomic E-state index is 10.5. The van der Waals surface area contributed by atoms with Crippen molar-refractivity contribution in [3.8, 4) is 0 Å². The molecule has 1 fully saturated rings. The largest absolute Gasteiger partial charge is 0.390 e. The van der Waals surface area contributed by atoms with Crippen molar-refractivity contribution in [3.63, 3.8) is 0 Å². The average molecular weight is 232 g/mol. The van der Waals surface area contributed by atoms with E-state index in [0.717, 1.165) is 32.1 Å². The molecule has 0 bridgehead atoms. The Labute approximate surface area is 105 Å². The van der Waals surface area contributed by atoms with Crippen molar-refractivity contribution in [1.29, 1.82) is 0 Å². The number of hydrogen-bond acceptors (Lipinski definition) is 1. The molecule has 1 aromatic carbocycles. The van der Waals surface area contributed by atoms with Crippen LogP contribution in [0.5, 0.6) is 0 Å². The molecule has 0 heterocycles. The van der Waals surface area contributed by atoms with Gasteiger partial charge in [-0.25, -0.2) is 0 Å². The lowest BCUT2D eigenvalue weighted by Crippen LogP contribution is -2.54. The van der Waals surface area contributed by atoms with E-state index < -0.39 is 0 Å². The smallest absolute Gasteiger partial charge is 0.0664 e. The van der Waals surface area contributed by atoms with E-state index in [1.165, 1.54) is 12.0 Å². The van der Waals surface area contributed by atoms with E-state index in [1.54, 1.807) is 0 Å². The molecule has 1 nitrogen and oxygen atoms in total. The van der Waals surface area contributed by atoms with E-state index in [9.17, 15) is 5.11 Å². The molecule has 0 aliphatic heterocycles. The van der Waals surface area contributed by atoms with Gasteiger partial charge in [0.1, 0.15) is 0 Å². The first kappa shape index (κ1) is 12.6. The lowest BCUT2D eigenvalue weighted by molar-refractivity contribution is -0.0993. The second-order valence-electron chi connectivity index (χ2n) is 5.68. The molecule has 0 atom stereocenters. The predicted molar refractivity (Wildman–Crippen MR) is 72.1 cm³/mol. The monoisotopic (exact) mass is 232 g/mol. The van der Waals surface area contributed by atoms with Crippen molar-refractivity contribution in [3.05, 3.63) is 35.9 Å². The normalized spacial score (nSPS) is 32.2. The first-order valence-corrected chi connectivity index (χ1v) is 6.92. The zero-order valence-electron chi connectivity index (χ0n) is 11.1. The molecule has 1 aromatic rings. The molecule has 0 aromatic heterocycles. The molecule has 1 aliphatic rings. The molecule has 1 aliphatic carbocycles. The number of unbranched alkanes of at least 4 members (excludes halogenated alkanes) is 1. The van der Waals surface area contributed by atoms with Crippen LogP contribution in [0.15, 0.2) is 30.3 Å². The van der Waals surface area contributed by atoms with Gasteiger partial charge in [-0.3, -0.25) is 0 Å². The van der Waals surface area contributed by atoms with Crippen LogP contribution in [0.25, 0.3) is 0 Å². The minimum absolute atomic E-state index is 0.240. The van der Waals surface area contributed by atoms with Gasteiger partial charge in [0.05, 0.1) is 5.60 Å².